The summed E-state index contributed by atoms with van der Waals surface area (Å²) in [6.07, 6.45) is 1.10. The quantitative estimate of drug-likeness (QED) is 0.889. The SMILES string of the molecule is Cc1cccc(CN2C[C@H]3C[C@@H](Oc4cccc(Cl)c4)[C@H](O)C[C@H]3C2)n1. The van der Waals surface area contributed by atoms with Gasteiger partial charge in [-0.2, -0.15) is 0 Å². The number of aryl methyl sites for hydroxylation is 1. The van der Waals surface area contributed by atoms with Crippen LogP contribution in [0.5, 0.6) is 5.75 Å². The first-order valence-electron chi connectivity index (χ1n) is 9.32. The number of aliphatic hydroxyl groups excluding tert-OH is 1. The Bertz CT molecular complexity index is 769. The summed E-state index contributed by atoms with van der Waals surface area (Å²) in [5.41, 5.74) is 2.18. The Balaban J connectivity index is 1.38. The molecule has 2 aliphatic rings. The van der Waals surface area contributed by atoms with Crippen LogP contribution in [0, 0.1) is 18.8 Å². The lowest BCUT2D eigenvalue weighted by atomic mass is 9.78. The van der Waals surface area contributed by atoms with E-state index in [1.54, 1.807) is 0 Å². The highest BCUT2D eigenvalue weighted by Crippen LogP contribution is 2.38. The van der Waals surface area contributed by atoms with Gasteiger partial charge < -0.3 is 9.84 Å². The third kappa shape index (κ3) is 4.03. The lowest BCUT2D eigenvalue weighted by Crippen LogP contribution is -2.42. The van der Waals surface area contributed by atoms with E-state index < -0.39 is 6.10 Å². The number of benzene rings is 1. The third-order valence-electron chi connectivity index (χ3n) is 5.58. The minimum atomic E-state index is -0.424. The van der Waals surface area contributed by atoms with Crippen molar-refractivity contribution in [2.24, 2.45) is 11.8 Å². The van der Waals surface area contributed by atoms with Gasteiger partial charge in [-0.3, -0.25) is 9.88 Å². The number of aliphatic hydroxyl groups is 1. The number of pyridine rings is 1. The first kappa shape index (κ1) is 17.8. The molecule has 0 bridgehead atoms. The smallest absolute Gasteiger partial charge is 0.125 e. The van der Waals surface area contributed by atoms with Crippen LogP contribution in [0.3, 0.4) is 0 Å². The standard InChI is InChI=1S/C21H25ClN2O2/c1-14-4-2-6-18(23-14)13-24-11-15-8-20(25)21(9-16(15)12-24)26-19-7-3-5-17(22)10-19/h2-7,10,15-16,20-21,25H,8-9,11-13H2,1H3/t15-,16+,20+,21+/m0/s1. The van der Waals surface area contributed by atoms with E-state index >= 15 is 0 Å². The van der Waals surface area contributed by atoms with E-state index in [9.17, 15) is 5.11 Å². The number of hydrogen-bond donors (Lipinski definition) is 1. The molecule has 1 saturated heterocycles. The van der Waals surface area contributed by atoms with Crippen LogP contribution >= 0.6 is 11.6 Å². The molecule has 1 N–H and O–H groups in total. The minimum absolute atomic E-state index is 0.160. The molecular formula is C21H25ClN2O2. The molecule has 4 atom stereocenters. The van der Waals surface area contributed by atoms with Crippen LogP contribution in [-0.2, 0) is 6.54 Å². The number of aromatic nitrogens is 1. The van der Waals surface area contributed by atoms with Crippen LogP contribution in [-0.4, -0.2) is 40.3 Å². The van der Waals surface area contributed by atoms with Crippen molar-refractivity contribution in [1.82, 2.24) is 9.88 Å². The first-order chi connectivity index (χ1) is 12.6. The van der Waals surface area contributed by atoms with Gasteiger partial charge in [0.2, 0.25) is 0 Å². The fraction of sp³-hybridized carbons (Fsp3) is 0.476. The van der Waals surface area contributed by atoms with Gasteiger partial charge in [0.1, 0.15) is 11.9 Å². The summed E-state index contributed by atoms with van der Waals surface area (Å²) < 4.78 is 6.06. The van der Waals surface area contributed by atoms with E-state index in [4.69, 9.17) is 16.3 Å². The molecule has 1 saturated carbocycles. The van der Waals surface area contributed by atoms with Crippen LogP contribution in [0.4, 0.5) is 0 Å². The van der Waals surface area contributed by atoms with E-state index in [0.717, 1.165) is 49.6 Å². The fourth-order valence-corrected chi connectivity index (χ4v) is 4.56. The Kier molecular flexibility index (Phi) is 5.16. The number of rotatable bonds is 4. The third-order valence-corrected chi connectivity index (χ3v) is 5.81. The van der Waals surface area contributed by atoms with Crippen LogP contribution in [0.1, 0.15) is 24.2 Å². The first-order valence-corrected chi connectivity index (χ1v) is 9.70. The van der Waals surface area contributed by atoms with Gasteiger partial charge in [0, 0.05) is 30.4 Å². The predicted octanol–water partition coefficient (Wildman–Crippen LogP) is 3.69. The van der Waals surface area contributed by atoms with Gasteiger partial charge in [-0.05, 0) is 61.9 Å². The lowest BCUT2D eigenvalue weighted by Gasteiger charge is -2.35. The largest absolute Gasteiger partial charge is 0.488 e. The fourth-order valence-electron chi connectivity index (χ4n) is 4.37. The Labute approximate surface area is 159 Å². The van der Waals surface area contributed by atoms with Crippen molar-refractivity contribution in [2.75, 3.05) is 13.1 Å². The minimum Gasteiger partial charge on any atom is -0.488 e. The molecule has 0 radical (unpaired) electrons. The summed E-state index contributed by atoms with van der Waals surface area (Å²) in [5.74, 6) is 1.83. The van der Waals surface area contributed by atoms with E-state index in [-0.39, 0.29) is 6.10 Å². The summed E-state index contributed by atoms with van der Waals surface area (Å²) in [6, 6.07) is 13.6. The zero-order valence-electron chi connectivity index (χ0n) is 15.0. The molecule has 138 valence electrons. The average Bonchev–Trinajstić information content (AvgIpc) is 2.96. The molecule has 4 nitrogen and oxygen atoms in total. The summed E-state index contributed by atoms with van der Waals surface area (Å²) in [7, 11) is 0. The molecule has 1 aromatic heterocycles. The predicted molar refractivity (Wildman–Crippen MR) is 102 cm³/mol. The Hall–Kier alpha value is -1.62. The Morgan fingerprint density at radius 1 is 1.15 bits per heavy atom. The maximum Gasteiger partial charge on any atom is 0.125 e. The van der Waals surface area contributed by atoms with Crippen LogP contribution in [0.15, 0.2) is 42.5 Å². The maximum atomic E-state index is 10.6. The number of nitrogens with zero attached hydrogens (tertiary/aromatic N) is 2. The second-order valence-electron chi connectivity index (χ2n) is 7.64. The second kappa shape index (κ2) is 7.55. The lowest BCUT2D eigenvalue weighted by molar-refractivity contribution is -0.0231. The van der Waals surface area contributed by atoms with Crippen LogP contribution in [0.2, 0.25) is 5.02 Å². The van der Waals surface area contributed by atoms with E-state index in [0.29, 0.717) is 16.9 Å². The summed E-state index contributed by atoms with van der Waals surface area (Å²) >= 11 is 6.04. The highest BCUT2D eigenvalue weighted by Gasteiger charge is 2.42. The van der Waals surface area contributed by atoms with Crippen molar-refractivity contribution in [1.29, 1.82) is 0 Å². The van der Waals surface area contributed by atoms with Crippen molar-refractivity contribution in [2.45, 2.75) is 38.5 Å². The van der Waals surface area contributed by atoms with E-state index in [1.165, 1.54) is 0 Å². The molecule has 0 unspecified atom stereocenters. The van der Waals surface area contributed by atoms with Gasteiger partial charge in [-0.15, -0.1) is 0 Å². The van der Waals surface area contributed by atoms with Crippen molar-refractivity contribution in [3.05, 3.63) is 58.9 Å². The van der Waals surface area contributed by atoms with Gasteiger partial charge >= 0.3 is 0 Å². The maximum absolute atomic E-state index is 10.6. The molecule has 26 heavy (non-hydrogen) atoms. The number of ether oxygens (including phenoxy) is 1. The summed E-state index contributed by atoms with van der Waals surface area (Å²) in [5, 5.41) is 11.2. The molecule has 5 heteroatoms. The number of fused-ring (bicyclic) bond motifs is 1. The van der Waals surface area contributed by atoms with Gasteiger partial charge in [-0.25, -0.2) is 0 Å². The normalized spacial score (nSPS) is 28.7. The molecule has 2 heterocycles. The molecular weight excluding hydrogens is 348 g/mol. The topological polar surface area (TPSA) is 45.6 Å². The van der Waals surface area contributed by atoms with Crippen molar-refractivity contribution in [3.63, 3.8) is 0 Å². The summed E-state index contributed by atoms with van der Waals surface area (Å²) in [6.45, 7) is 4.98. The molecule has 1 aromatic carbocycles. The molecule has 4 rings (SSSR count). The van der Waals surface area contributed by atoms with Gasteiger partial charge in [-0.1, -0.05) is 23.7 Å². The number of hydrogen-bond acceptors (Lipinski definition) is 4. The average molecular weight is 373 g/mol. The van der Waals surface area contributed by atoms with Gasteiger partial charge in [0.05, 0.1) is 11.8 Å². The van der Waals surface area contributed by atoms with Crippen molar-refractivity contribution in [3.8, 4) is 5.75 Å². The van der Waals surface area contributed by atoms with Gasteiger partial charge in [0.15, 0.2) is 0 Å². The number of likely N-dealkylation sites (tertiary alicyclic amines) is 1. The van der Waals surface area contributed by atoms with Crippen molar-refractivity contribution >= 4 is 11.6 Å². The number of halogens is 1. The molecule has 1 aliphatic heterocycles. The molecule has 2 aromatic rings. The summed E-state index contributed by atoms with van der Waals surface area (Å²) in [4.78, 5) is 7.08. The molecule has 1 aliphatic carbocycles. The highest BCUT2D eigenvalue weighted by atomic mass is 35.5. The molecule has 2 fully saturated rings. The van der Waals surface area contributed by atoms with Crippen LogP contribution < -0.4 is 4.74 Å². The zero-order chi connectivity index (χ0) is 18.1. The molecule has 0 spiro atoms. The zero-order valence-corrected chi connectivity index (χ0v) is 15.8. The second-order valence-corrected chi connectivity index (χ2v) is 8.07. The Morgan fingerprint density at radius 3 is 2.69 bits per heavy atom. The van der Waals surface area contributed by atoms with E-state index in [2.05, 4.69) is 22.0 Å². The van der Waals surface area contributed by atoms with E-state index in [1.807, 2.05) is 37.3 Å². The highest BCUT2D eigenvalue weighted by molar-refractivity contribution is 6.30. The molecule has 0 amide bonds. The Morgan fingerprint density at radius 2 is 1.92 bits per heavy atom. The van der Waals surface area contributed by atoms with Crippen LogP contribution in [0.25, 0.3) is 0 Å². The monoisotopic (exact) mass is 372 g/mol. The van der Waals surface area contributed by atoms with Crippen molar-refractivity contribution < 1.29 is 9.84 Å². The van der Waals surface area contributed by atoms with Gasteiger partial charge in [0.25, 0.3) is 0 Å².